The van der Waals surface area contributed by atoms with Gasteiger partial charge in [0.05, 0.1) is 0 Å². The second-order valence-electron chi connectivity index (χ2n) is 13.9. The summed E-state index contributed by atoms with van der Waals surface area (Å²) in [5.41, 5.74) is 1.19. The van der Waals surface area contributed by atoms with Crippen LogP contribution in [0.3, 0.4) is 0 Å². The molecule has 0 fully saturated rings. The molecule has 3 aromatic rings. The van der Waals surface area contributed by atoms with E-state index in [-0.39, 0.29) is 5.04 Å². The summed E-state index contributed by atoms with van der Waals surface area (Å²) in [4.78, 5) is 0. The van der Waals surface area contributed by atoms with Gasteiger partial charge in [0.15, 0.2) is 0 Å². The van der Waals surface area contributed by atoms with Crippen molar-refractivity contribution in [3.05, 3.63) is 100 Å². The van der Waals surface area contributed by atoms with Gasteiger partial charge in [0.2, 0.25) is 0 Å². The summed E-state index contributed by atoms with van der Waals surface area (Å²) in [6, 6.07) is 30.4. The molecule has 0 aliphatic rings. The second kappa shape index (κ2) is 19.8. The third-order valence-corrected chi connectivity index (χ3v) is 31.1. The summed E-state index contributed by atoms with van der Waals surface area (Å²) < 4.78 is 25.3. The normalized spacial score (nSPS) is 12.8. The van der Waals surface area contributed by atoms with Gasteiger partial charge in [0.25, 0.3) is 0 Å². The van der Waals surface area contributed by atoms with Crippen LogP contribution in [0.5, 0.6) is 5.75 Å². The Morgan fingerprint density at radius 2 is 1.22 bits per heavy atom. The molecule has 0 aliphatic heterocycles. The number of rotatable bonds is 21. The van der Waals surface area contributed by atoms with Crippen molar-refractivity contribution >= 4 is 37.1 Å². The van der Waals surface area contributed by atoms with E-state index in [0.29, 0.717) is 13.2 Å². The van der Waals surface area contributed by atoms with E-state index < -0.39 is 26.7 Å². The molecule has 0 amide bonds. The predicted molar refractivity (Wildman–Crippen MR) is 204 cm³/mol. The average molecular weight is 750 g/mol. The Hall–Kier alpha value is -1.86. The molecular formula is C41H62O3SiSn. The fourth-order valence-corrected chi connectivity index (χ4v) is 28.6. The van der Waals surface area contributed by atoms with Crippen LogP contribution in [-0.4, -0.2) is 47.0 Å². The Balaban J connectivity index is 2.00. The van der Waals surface area contributed by atoms with Crippen molar-refractivity contribution in [1.29, 1.82) is 0 Å². The molecule has 3 rings (SSSR count). The first-order valence-electron chi connectivity index (χ1n) is 17.9. The quantitative estimate of drug-likeness (QED) is 0.0802. The van der Waals surface area contributed by atoms with Crippen molar-refractivity contribution in [2.75, 3.05) is 20.3 Å². The zero-order chi connectivity index (χ0) is 33.3. The van der Waals surface area contributed by atoms with Gasteiger partial charge in [-0.1, -0.05) is 0 Å². The standard InChI is InChI=1S/C29H35O3Si.3C4H9.Sn/c1-29(2,3)33(27-14-8-5-9-15-27,28-16-10-6-11-17-28)32-23-13-7-12-22-31-24-25-18-20-26(30-4)21-19-25;3*1-3-4-2;/h5-6,8-11,13-21H,12,22-24H2,1-4H3;3*1,3-4H2,2H3;. The van der Waals surface area contributed by atoms with E-state index >= 15 is 0 Å². The van der Waals surface area contributed by atoms with Crippen molar-refractivity contribution in [2.24, 2.45) is 0 Å². The van der Waals surface area contributed by atoms with Gasteiger partial charge >= 0.3 is 289 Å². The van der Waals surface area contributed by atoms with Crippen LogP contribution < -0.4 is 15.1 Å². The summed E-state index contributed by atoms with van der Waals surface area (Å²) in [5, 5.41) is 2.67. The minimum atomic E-state index is -2.72. The van der Waals surface area contributed by atoms with Gasteiger partial charge in [-0.2, -0.15) is 0 Å². The van der Waals surface area contributed by atoms with Gasteiger partial charge in [0.1, 0.15) is 0 Å². The Bertz CT molecular complexity index is 1210. The van der Waals surface area contributed by atoms with Gasteiger partial charge in [-0.25, -0.2) is 0 Å². The van der Waals surface area contributed by atoms with Crippen LogP contribution in [-0.2, 0) is 15.8 Å². The predicted octanol–water partition coefficient (Wildman–Crippen LogP) is 10.5. The molecule has 0 aliphatic carbocycles. The van der Waals surface area contributed by atoms with Crippen molar-refractivity contribution < 1.29 is 13.9 Å². The SMILES string of the molecule is CCC[CH2][Sn]([CH2]CCC)([CH2]CCC)/[C](=C/CO[Si](c1ccccc1)(c1ccccc1)C(C)(C)C)CCOCc1ccc(OC)cc1. The third-order valence-electron chi connectivity index (χ3n) is 9.70. The molecule has 0 radical (unpaired) electrons. The summed E-state index contributed by atoms with van der Waals surface area (Å²) >= 11 is -2.72. The van der Waals surface area contributed by atoms with Crippen molar-refractivity contribution in [1.82, 2.24) is 0 Å². The molecule has 0 spiro atoms. The number of ether oxygens (including phenoxy) is 2. The molecule has 3 nitrogen and oxygen atoms in total. The molecule has 46 heavy (non-hydrogen) atoms. The molecule has 0 N–H and O–H groups in total. The monoisotopic (exact) mass is 750 g/mol. The first-order valence-corrected chi connectivity index (χ1v) is 27.3. The van der Waals surface area contributed by atoms with E-state index in [1.807, 2.05) is 12.1 Å². The number of hydrogen-bond acceptors (Lipinski definition) is 3. The molecule has 0 atom stereocenters. The zero-order valence-corrected chi connectivity index (χ0v) is 33.9. The van der Waals surface area contributed by atoms with Gasteiger partial charge in [0, 0.05) is 0 Å². The van der Waals surface area contributed by atoms with Crippen LogP contribution in [0.2, 0.25) is 18.3 Å². The topological polar surface area (TPSA) is 27.7 Å². The second-order valence-corrected chi connectivity index (χ2v) is 31.7. The Morgan fingerprint density at radius 3 is 1.65 bits per heavy atom. The van der Waals surface area contributed by atoms with Crippen molar-refractivity contribution in [2.45, 2.75) is 111 Å². The molecule has 0 heterocycles. The molecule has 0 saturated heterocycles. The Kier molecular flexibility index (Phi) is 16.6. The Morgan fingerprint density at radius 1 is 0.717 bits per heavy atom. The van der Waals surface area contributed by atoms with Gasteiger partial charge < -0.3 is 0 Å². The first kappa shape index (κ1) is 38.6. The van der Waals surface area contributed by atoms with Crippen LogP contribution in [0.1, 0.15) is 92.1 Å². The van der Waals surface area contributed by atoms with E-state index in [2.05, 4.69) is 120 Å². The van der Waals surface area contributed by atoms with E-state index in [1.165, 1.54) is 67.8 Å². The van der Waals surface area contributed by atoms with E-state index in [1.54, 1.807) is 10.7 Å². The maximum atomic E-state index is 7.45. The van der Waals surface area contributed by atoms with Gasteiger partial charge in [-0.3, -0.25) is 0 Å². The van der Waals surface area contributed by atoms with E-state index in [4.69, 9.17) is 13.9 Å². The molecule has 0 bridgehead atoms. The van der Waals surface area contributed by atoms with Crippen LogP contribution >= 0.6 is 0 Å². The molecule has 5 heteroatoms. The maximum absolute atomic E-state index is 7.45. The zero-order valence-electron chi connectivity index (χ0n) is 30.1. The molecule has 0 unspecified atom stereocenters. The van der Waals surface area contributed by atoms with Crippen LogP contribution in [0, 0.1) is 0 Å². The van der Waals surface area contributed by atoms with Gasteiger partial charge in [-0.05, 0) is 0 Å². The van der Waals surface area contributed by atoms with Crippen molar-refractivity contribution in [3.63, 3.8) is 0 Å². The third kappa shape index (κ3) is 10.6. The molecule has 0 aromatic heterocycles. The summed E-state index contributed by atoms with van der Waals surface area (Å²) in [6.07, 6.45) is 11.5. The summed E-state index contributed by atoms with van der Waals surface area (Å²) in [6.45, 7) is 16.3. The minimum absolute atomic E-state index is 0.0296. The first-order chi connectivity index (χ1) is 22.3. The van der Waals surface area contributed by atoms with Crippen LogP contribution in [0.4, 0.5) is 0 Å². The average Bonchev–Trinajstić information content (AvgIpc) is 3.08. The van der Waals surface area contributed by atoms with Gasteiger partial charge in [-0.15, -0.1) is 0 Å². The number of methoxy groups -OCH3 is 1. The van der Waals surface area contributed by atoms with E-state index in [0.717, 1.165) is 18.8 Å². The summed E-state index contributed by atoms with van der Waals surface area (Å²) in [5.74, 6) is 0.886. The molecular weight excluding hydrogens is 687 g/mol. The number of hydrogen-bond donors (Lipinski definition) is 0. The van der Waals surface area contributed by atoms with Crippen LogP contribution in [0.15, 0.2) is 94.6 Å². The fourth-order valence-electron chi connectivity index (χ4n) is 7.11. The molecule has 3 aromatic carbocycles. The van der Waals surface area contributed by atoms with E-state index in [9.17, 15) is 0 Å². The van der Waals surface area contributed by atoms with Crippen molar-refractivity contribution in [3.8, 4) is 5.75 Å². The number of unbranched alkanes of at least 4 members (excludes halogenated alkanes) is 3. The fraction of sp³-hybridized carbons (Fsp3) is 0.512. The van der Waals surface area contributed by atoms with Crippen LogP contribution in [0.25, 0.3) is 0 Å². The molecule has 0 saturated carbocycles. The Labute approximate surface area is 287 Å². The molecule has 252 valence electrons. The summed E-state index contributed by atoms with van der Waals surface area (Å²) in [7, 11) is -0.891. The number of benzene rings is 3.